The number of nitrogens with one attached hydrogen (secondary N) is 1. The number of benzene rings is 1. The summed E-state index contributed by atoms with van der Waals surface area (Å²) in [5.74, 6) is 0.973. The molecule has 0 bridgehead atoms. The van der Waals surface area contributed by atoms with E-state index in [0.717, 1.165) is 58.7 Å². The number of amides is 1. The van der Waals surface area contributed by atoms with Gasteiger partial charge in [-0.3, -0.25) is 9.69 Å². The first kappa shape index (κ1) is 19.9. The van der Waals surface area contributed by atoms with Gasteiger partial charge in [0, 0.05) is 32.2 Å². The van der Waals surface area contributed by atoms with Crippen LogP contribution in [0.5, 0.6) is 0 Å². The second kappa shape index (κ2) is 10.6. The SMILES string of the molecule is CCOCCCNC(=O)C1CCN(Cc2ccc(C(C)C)cc2)CC1. The summed E-state index contributed by atoms with van der Waals surface area (Å²) in [4.78, 5) is 14.7. The molecule has 1 saturated heterocycles. The van der Waals surface area contributed by atoms with Gasteiger partial charge < -0.3 is 10.1 Å². The number of likely N-dealkylation sites (tertiary alicyclic amines) is 1. The Morgan fingerprint density at radius 3 is 2.52 bits per heavy atom. The second-order valence-corrected chi connectivity index (χ2v) is 7.29. The number of hydrogen-bond acceptors (Lipinski definition) is 3. The molecule has 1 fully saturated rings. The van der Waals surface area contributed by atoms with Gasteiger partial charge in [0.1, 0.15) is 0 Å². The Morgan fingerprint density at radius 2 is 1.92 bits per heavy atom. The van der Waals surface area contributed by atoms with E-state index in [1.165, 1.54) is 11.1 Å². The number of nitrogens with zero attached hydrogens (tertiary/aromatic N) is 1. The molecule has 1 aromatic carbocycles. The fourth-order valence-corrected chi connectivity index (χ4v) is 3.29. The minimum Gasteiger partial charge on any atom is -0.382 e. The molecule has 1 amide bonds. The summed E-state index contributed by atoms with van der Waals surface area (Å²) in [5, 5.41) is 3.06. The van der Waals surface area contributed by atoms with E-state index in [4.69, 9.17) is 4.74 Å². The summed E-state index contributed by atoms with van der Waals surface area (Å²) in [7, 11) is 0. The molecule has 140 valence electrons. The predicted molar refractivity (Wildman–Crippen MR) is 103 cm³/mol. The molecule has 0 aliphatic carbocycles. The Hall–Kier alpha value is -1.39. The number of carbonyl (C=O) groups excluding carboxylic acids is 1. The number of carbonyl (C=O) groups is 1. The van der Waals surface area contributed by atoms with Gasteiger partial charge >= 0.3 is 0 Å². The topological polar surface area (TPSA) is 41.6 Å². The van der Waals surface area contributed by atoms with Crippen LogP contribution in [0.1, 0.15) is 57.1 Å². The van der Waals surface area contributed by atoms with Crippen LogP contribution in [0.15, 0.2) is 24.3 Å². The first-order valence-corrected chi connectivity index (χ1v) is 9.76. The lowest BCUT2D eigenvalue weighted by molar-refractivity contribution is -0.126. The summed E-state index contributed by atoms with van der Waals surface area (Å²) in [6.07, 6.45) is 2.81. The van der Waals surface area contributed by atoms with E-state index in [-0.39, 0.29) is 11.8 Å². The van der Waals surface area contributed by atoms with Crippen LogP contribution in [0.4, 0.5) is 0 Å². The van der Waals surface area contributed by atoms with Crippen LogP contribution >= 0.6 is 0 Å². The van der Waals surface area contributed by atoms with E-state index >= 15 is 0 Å². The molecule has 1 heterocycles. The van der Waals surface area contributed by atoms with Crippen LogP contribution in [0, 0.1) is 5.92 Å². The Kier molecular flexibility index (Phi) is 8.42. The molecule has 1 N–H and O–H groups in total. The Morgan fingerprint density at radius 1 is 1.24 bits per heavy atom. The molecule has 0 atom stereocenters. The zero-order chi connectivity index (χ0) is 18.1. The molecule has 1 aromatic rings. The lowest BCUT2D eigenvalue weighted by atomic mass is 9.95. The predicted octanol–water partition coefficient (Wildman–Crippen LogP) is 3.56. The van der Waals surface area contributed by atoms with Crippen molar-refractivity contribution in [3.8, 4) is 0 Å². The third kappa shape index (κ3) is 6.79. The average molecular weight is 347 g/mol. The van der Waals surface area contributed by atoms with Crippen molar-refractivity contribution in [2.24, 2.45) is 5.92 Å². The molecule has 0 radical (unpaired) electrons. The van der Waals surface area contributed by atoms with Crippen LogP contribution in [0.3, 0.4) is 0 Å². The van der Waals surface area contributed by atoms with Crippen LogP contribution in [0.2, 0.25) is 0 Å². The molecule has 4 heteroatoms. The fraction of sp³-hybridized carbons (Fsp3) is 0.667. The van der Waals surface area contributed by atoms with Crippen molar-refractivity contribution in [2.75, 3.05) is 32.8 Å². The maximum Gasteiger partial charge on any atom is 0.223 e. The lowest BCUT2D eigenvalue weighted by Gasteiger charge is -2.31. The molecule has 1 aliphatic rings. The first-order valence-electron chi connectivity index (χ1n) is 9.76. The van der Waals surface area contributed by atoms with Crippen molar-refractivity contribution in [1.29, 1.82) is 0 Å². The van der Waals surface area contributed by atoms with Crippen molar-refractivity contribution >= 4 is 5.91 Å². The summed E-state index contributed by atoms with van der Waals surface area (Å²) < 4.78 is 5.29. The second-order valence-electron chi connectivity index (χ2n) is 7.29. The summed E-state index contributed by atoms with van der Waals surface area (Å²) in [5.41, 5.74) is 2.76. The summed E-state index contributed by atoms with van der Waals surface area (Å²) in [6.45, 7) is 11.6. The van der Waals surface area contributed by atoms with E-state index < -0.39 is 0 Å². The van der Waals surface area contributed by atoms with E-state index in [1.807, 2.05) is 6.92 Å². The molecule has 1 aliphatic heterocycles. The Balaban J connectivity index is 1.67. The molecule has 0 aromatic heterocycles. The normalized spacial score (nSPS) is 16.3. The molecule has 4 nitrogen and oxygen atoms in total. The number of ether oxygens (including phenoxy) is 1. The van der Waals surface area contributed by atoms with Gasteiger partial charge in [-0.2, -0.15) is 0 Å². The first-order chi connectivity index (χ1) is 12.1. The molecule has 0 spiro atoms. The summed E-state index contributed by atoms with van der Waals surface area (Å²) >= 11 is 0. The van der Waals surface area contributed by atoms with Gasteiger partial charge in [0.15, 0.2) is 0 Å². The number of hydrogen-bond donors (Lipinski definition) is 1. The van der Waals surface area contributed by atoms with E-state index in [9.17, 15) is 4.79 Å². The molecule has 0 saturated carbocycles. The third-order valence-electron chi connectivity index (χ3n) is 4.98. The number of rotatable bonds is 9. The van der Waals surface area contributed by atoms with Crippen LogP contribution in [-0.4, -0.2) is 43.7 Å². The van der Waals surface area contributed by atoms with Crippen molar-refractivity contribution in [2.45, 2.75) is 52.5 Å². The third-order valence-corrected chi connectivity index (χ3v) is 4.98. The van der Waals surface area contributed by atoms with E-state index in [2.05, 4.69) is 48.3 Å². The quantitative estimate of drug-likeness (QED) is 0.695. The highest BCUT2D eigenvalue weighted by Crippen LogP contribution is 2.20. The average Bonchev–Trinajstić information content (AvgIpc) is 2.62. The number of piperidine rings is 1. The molecular weight excluding hydrogens is 312 g/mol. The molecular formula is C21H34N2O2. The minimum atomic E-state index is 0.173. The smallest absolute Gasteiger partial charge is 0.223 e. The van der Waals surface area contributed by atoms with Crippen molar-refractivity contribution < 1.29 is 9.53 Å². The fourth-order valence-electron chi connectivity index (χ4n) is 3.29. The maximum atomic E-state index is 12.2. The van der Waals surface area contributed by atoms with Gasteiger partial charge in [-0.1, -0.05) is 38.1 Å². The van der Waals surface area contributed by atoms with Crippen molar-refractivity contribution in [3.05, 3.63) is 35.4 Å². The molecule has 25 heavy (non-hydrogen) atoms. The highest BCUT2D eigenvalue weighted by Gasteiger charge is 2.24. The van der Waals surface area contributed by atoms with E-state index in [1.54, 1.807) is 0 Å². The van der Waals surface area contributed by atoms with Gasteiger partial charge in [-0.15, -0.1) is 0 Å². The Labute approximate surface area is 152 Å². The van der Waals surface area contributed by atoms with Gasteiger partial charge in [0.2, 0.25) is 5.91 Å². The highest BCUT2D eigenvalue weighted by molar-refractivity contribution is 5.78. The Bertz CT molecular complexity index is 505. The van der Waals surface area contributed by atoms with Crippen molar-refractivity contribution in [3.63, 3.8) is 0 Å². The molecule has 0 unspecified atom stereocenters. The zero-order valence-electron chi connectivity index (χ0n) is 16.1. The molecule has 2 rings (SSSR count). The van der Waals surface area contributed by atoms with Crippen LogP contribution in [-0.2, 0) is 16.1 Å². The maximum absolute atomic E-state index is 12.2. The van der Waals surface area contributed by atoms with Gasteiger partial charge in [-0.05, 0) is 56.3 Å². The van der Waals surface area contributed by atoms with Crippen LogP contribution in [0.25, 0.3) is 0 Å². The monoisotopic (exact) mass is 346 g/mol. The standard InChI is InChI=1S/C21H34N2O2/c1-4-25-15-5-12-22-21(24)20-10-13-23(14-11-20)16-18-6-8-19(9-7-18)17(2)3/h6-9,17,20H,4-5,10-16H2,1-3H3,(H,22,24). The van der Waals surface area contributed by atoms with Crippen LogP contribution < -0.4 is 5.32 Å². The van der Waals surface area contributed by atoms with E-state index in [0.29, 0.717) is 5.92 Å². The van der Waals surface area contributed by atoms with Gasteiger partial charge in [0.05, 0.1) is 0 Å². The summed E-state index contributed by atoms with van der Waals surface area (Å²) in [6, 6.07) is 8.96. The highest BCUT2D eigenvalue weighted by atomic mass is 16.5. The van der Waals surface area contributed by atoms with Crippen molar-refractivity contribution in [1.82, 2.24) is 10.2 Å². The minimum absolute atomic E-state index is 0.173. The largest absolute Gasteiger partial charge is 0.382 e. The van der Waals surface area contributed by atoms with Gasteiger partial charge in [0.25, 0.3) is 0 Å². The van der Waals surface area contributed by atoms with Gasteiger partial charge in [-0.25, -0.2) is 0 Å². The lowest BCUT2D eigenvalue weighted by Crippen LogP contribution is -2.40. The zero-order valence-corrected chi connectivity index (χ0v) is 16.1.